The standard InChI is InChI=1S/C16H23NO/c1-12-11-18-15-9-5-4-8-14(15)16(12)17-10-13-6-2-3-7-13/h4-5,8-9,12-13,16-17H,2-3,6-7,10-11H2,1H3. The molecule has 0 radical (unpaired) electrons. The van der Waals surface area contributed by atoms with Gasteiger partial charge in [0, 0.05) is 17.5 Å². The summed E-state index contributed by atoms with van der Waals surface area (Å²) in [6.07, 6.45) is 5.66. The molecule has 1 N–H and O–H groups in total. The van der Waals surface area contributed by atoms with Crippen molar-refractivity contribution in [2.45, 2.75) is 38.6 Å². The highest BCUT2D eigenvalue weighted by Gasteiger charge is 2.28. The van der Waals surface area contributed by atoms with E-state index in [-0.39, 0.29) is 0 Å². The van der Waals surface area contributed by atoms with Crippen LogP contribution in [-0.4, -0.2) is 13.2 Å². The molecule has 3 rings (SSSR count). The van der Waals surface area contributed by atoms with Crippen LogP contribution in [0.25, 0.3) is 0 Å². The van der Waals surface area contributed by atoms with Crippen molar-refractivity contribution >= 4 is 0 Å². The molecular formula is C16H23NO. The molecule has 0 bridgehead atoms. The summed E-state index contributed by atoms with van der Waals surface area (Å²) in [7, 11) is 0. The van der Waals surface area contributed by atoms with Crippen molar-refractivity contribution in [2.75, 3.05) is 13.2 Å². The fraction of sp³-hybridized carbons (Fsp3) is 0.625. The van der Waals surface area contributed by atoms with Gasteiger partial charge >= 0.3 is 0 Å². The Morgan fingerprint density at radius 3 is 2.83 bits per heavy atom. The van der Waals surface area contributed by atoms with Gasteiger partial charge in [-0.3, -0.25) is 0 Å². The summed E-state index contributed by atoms with van der Waals surface area (Å²) in [5.41, 5.74) is 1.34. The van der Waals surface area contributed by atoms with Crippen molar-refractivity contribution in [3.05, 3.63) is 29.8 Å². The number of hydrogen-bond acceptors (Lipinski definition) is 2. The normalized spacial score (nSPS) is 27.8. The number of ether oxygens (including phenoxy) is 1. The molecule has 2 heteroatoms. The van der Waals surface area contributed by atoms with Crippen LogP contribution in [0.15, 0.2) is 24.3 Å². The van der Waals surface area contributed by atoms with Crippen LogP contribution < -0.4 is 10.1 Å². The first-order valence-corrected chi connectivity index (χ1v) is 7.29. The third-order valence-electron chi connectivity index (χ3n) is 4.43. The molecule has 1 aliphatic carbocycles. The van der Waals surface area contributed by atoms with E-state index in [2.05, 4.69) is 36.5 Å². The molecule has 1 saturated carbocycles. The molecule has 2 atom stereocenters. The molecule has 2 nitrogen and oxygen atoms in total. The molecule has 1 fully saturated rings. The van der Waals surface area contributed by atoms with Crippen LogP contribution >= 0.6 is 0 Å². The topological polar surface area (TPSA) is 21.3 Å². The van der Waals surface area contributed by atoms with Crippen LogP contribution in [0, 0.1) is 11.8 Å². The Kier molecular flexibility index (Phi) is 3.55. The minimum atomic E-state index is 0.468. The minimum absolute atomic E-state index is 0.468. The predicted octanol–water partition coefficient (Wildman–Crippen LogP) is 3.54. The molecule has 0 spiro atoms. The van der Waals surface area contributed by atoms with Crippen LogP contribution in [0.3, 0.4) is 0 Å². The van der Waals surface area contributed by atoms with Crippen LogP contribution in [-0.2, 0) is 0 Å². The lowest BCUT2D eigenvalue weighted by molar-refractivity contribution is 0.185. The van der Waals surface area contributed by atoms with Crippen LogP contribution in [0.4, 0.5) is 0 Å². The van der Waals surface area contributed by atoms with Gasteiger partial charge in [-0.1, -0.05) is 38.0 Å². The Morgan fingerprint density at radius 2 is 2.00 bits per heavy atom. The third kappa shape index (κ3) is 2.39. The first-order chi connectivity index (χ1) is 8.84. The molecule has 18 heavy (non-hydrogen) atoms. The molecule has 1 aromatic carbocycles. The first kappa shape index (κ1) is 12.0. The Bertz CT molecular complexity index is 398. The summed E-state index contributed by atoms with van der Waals surface area (Å²) in [5.74, 6) is 2.52. The molecular weight excluding hydrogens is 222 g/mol. The largest absolute Gasteiger partial charge is 0.493 e. The monoisotopic (exact) mass is 245 g/mol. The fourth-order valence-corrected chi connectivity index (χ4v) is 3.31. The number of rotatable bonds is 3. The van der Waals surface area contributed by atoms with E-state index in [9.17, 15) is 0 Å². The van der Waals surface area contributed by atoms with Gasteiger partial charge < -0.3 is 10.1 Å². The summed E-state index contributed by atoms with van der Waals surface area (Å²) in [4.78, 5) is 0. The van der Waals surface area contributed by atoms with Crippen molar-refractivity contribution in [3.8, 4) is 5.75 Å². The zero-order chi connectivity index (χ0) is 12.4. The van der Waals surface area contributed by atoms with E-state index in [0.717, 1.165) is 18.3 Å². The summed E-state index contributed by atoms with van der Waals surface area (Å²) in [6.45, 7) is 4.28. The van der Waals surface area contributed by atoms with Gasteiger partial charge in [-0.05, 0) is 31.4 Å². The smallest absolute Gasteiger partial charge is 0.124 e. The Balaban J connectivity index is 1.69. The molecule has 2 aliphatic rings. The number of nitrogens with one attached hydrogen (secondary N) is 1. The minimum Gasteiger partial charge on any atom is -0.493 e. The second kappa shape index (κ2) is 5.31. The molecule has 2 unspecified atom stereocenters. The van der Waals surface area contributed by atoms with E-state index >= 15 is 0 Å². The average molecular weight is 245 g/mol. The maximum Gasteiger partial charge on any atom is 0.124 e. The molecule has 0 amide bonds. The molecule has 0 saturated heterocycles. The lowest BCUT2D eigenvalue weighted by atomic mass is 9.91. The van der Waals surface area contributed by atoms with Crippen LogP contribution in [0.5, 0.6) is 5.75 Å². The first-order valence-electron chi connectivity index (χ1n) is 7.29. The second-order valence-electron chi connectivity index (χ2n) is 5.86. The van der Waals surface area contributed by atoms with Crippen LogP contribution in [0.1, 0.15) is 44.2 Å². The van der Waals surface area contributed by atoms with Gasteiger partial charge in [0.2, 0.25) is 0 Å². The van der Waals surface area contributed by atoms with Crippen molar-refractivity contribution < 1.29 is 4.74 Å². The van der Waals surface area contributed by atoms with Crippen molar-refractivity contribution in [1.82, 2.24) is 5.32 Å². The van der Waals surface area contributed by atoms with E-state index in [0.29, 0.717) is 12.0 Å². The highest BCUT2D eigenvalue weighted by atomic mass is 16.5. The van der Waals surface area contributed by atoms with Gasteiger partial charge in [0.15, 0.2) is 0 Å². The predicted molar refractivity (Wildman–Crippen MR) is 73.8 cm³/mol. The van der Waals surface area contributed by atoms with E-state index in [1.807, 2.05) is 0 Å². The quantitative estimate of drug-likeness (QED) is 0.879. The number of para-hydroxylation sites is 1. The van der Waals surface area contributed by atoms with Gasteiger partial charge in [-0.15, -0.1) is 0 Å². The maximum absolute atomic E-state index is 5.80. The number of hydrogen-bond donors (Lipinski definition) is 1. The highest BCUT2D eigenvalue weighted by Crippen LogP contribution is 2.35. The number of fused-ring (bicyclic) bond motifs is 1. The van der Waals surface area contributed by atoms with Gasteiger partial charge in [0.05, 0.1) is 6.61 Å². The maximum atomic E-state index is 5.80. The zero-order valence-electron chi connectivity index (χ0n) is 11.2. The lowest BCUT2D eigenvalue weighted by Gasteiger charge is -2.33. The van der Waals surface area contributed by atoms with Gasteiger partial charge in [-0.25, -0.2) is 0 Å². The summed E-state index contributed by atoms with van der Waals surface area (Å²) >= 11 is 0. The highest BCUT2D eigenvalue weighted by molar-refractivity contribution is 5.37. The molecule has 1 aliphatic heterocycles. The fourth-order valence-electron chi connectivity index (χ4n) is 3.31. The van der Waals surface area contributed by atoms with E-state index in [1.165, 1.54) is 37.8 Å². The number of benzene rings is 1. The molecule has 1 aromatic rings. The lowest BCUT2D eigenvalue weighted by Crippen LogP contribution is -2.36. The van der Waals surface area contributed by atoms with Crippen molar-refractivity contribution in [3.63, 3.8) is 0 Å². The van der Waals surface area contributed by atoms with E-state index in [4.69, 9.17) is 4.74 Å². The Labute approximate surface area is 110 Å². The van der Waals surface area contributed by atoms with E-state index in [1.54, 1.807) is 0 Å². The molecule has 1 heterocycles. The Hall–Kier alpha value is -1.02. The molecule has 0 aromatic heterocycles. The van der Waals surface area contributed by atoms with Gasteiger partial charge in [0.1, 0.15) is 5.75 Å². The summed E-state index contributed by atoms with van der Waals surface area (Å²) in [5, 5.41) is 3.79. The summed E-state index contributed by atoms with van der Waals surface area (Å²) < 4.78 is 5.80. The average Bonchev–Trinajstić information content (AvgIpc) is 2.91. The van der Waals surface area contributed by atoms with Gasteiger partial charge in [-0.2, -0.15) is 0 Å². The van der Waals surface area contributed by atoms with Crippen molar-refractivity contribution in [2.24, 2.45) is 11.8 Å². The van der Waals surface area contributed by atoms with Gasteiger partial charge in [0.25, 0.3) is 0 Å². The van der Waals surface area contributed by atoms with Crippen molar-refractivity contribution in [1.29, 1.82) is 0 Å². The second-order valence-corrected chi connectivity index (χ2v) is 5.86. The SMILES string of the molecule is CC1COc2ccccc2C1NCC1CCCC1. The summed E-state index contributed by atoms with van der Waals surface area (Å²) in [6, 6.07) is 8.94. The third-order valence-corrected chi connectivity index (χ3v) is 4.43. The Morgan fingerprint density at radius 1 is 1.22 bits per heavy atom. The van der Waals surface area contributed by atoms with E-state index < -0.39 is 0 Å². The zero-order valence-corrected chi connectivity index (χ0v) is 11.2. The van der Waals surface area contributed by atoms with Crippen LogP contribution in [0.2, 0.25) is 0 Å². The molecule has 98 valence electrons.